The van der Waals surface area contributed by atoms with Crippen LogP contribution in [0.4, 0.5) is 9.39 Å². The normalized spacial score (nSPS) is 12.0. The topological polar surface area (TPSA) is 127 Å². The summed E-state index contributed by atoms with van der Waals surface area (Å²) in [5, 5.41) is 11.6. The van der Waals surface area contributed by atoms with E-state index in [-0.39, 0.29) is 19.7 Å². The molecule has 2 aromatic rings. The van der Waals surface area contributed by atoms with Gasteiger partial charge in [-0.1, -0.05) is 0 Å². The molecule has 0 fully saturated rings. The molecule has 7 nitrogen and oxygen atoms in total. The minimum Gasteiger partial charge on any atom is -0.395 e. The molecule has 4 N–H and O–H groups in total. The number of hydrogen-bond donors (Lipinski definition) is 3. The molecule has 0 saturated heterocycles. The summed E-state index contributed by atoms with van der Waals surface area (Å²) in [6, 6.07) is 5.26. The highest BCUT2D eigenvalue weighted by atomic mass is 32.2. The standard InChI is InChI=1S/C16H17FN2O5S2/c1-16(2,8-20)15(22)19-14-11(13(18)21)7-12(25-14)26(23,24)10-5-3-9(17)4-6-10/h3-7,20H,8H2,1-2H3,(H2,18,21)(H,19,22). The van der Waals surface area contributed by atoms with Crippen LogP contribution < -0.4 is 11.1 Å². The molecule has 0 bridgehead atoms. The number of carbonyl (C=O) groups is 2. The molecule has 1 aromatic carbocycles. The average Bonchev–Trinajstić information content (AvgIpc) is 3.00. The molecular formula is C16H17FN2O5S2. The van der Waals surface area contributed by atoms with Gasteiger partial charge in [0.1, 0.15) is 15.0 Å². The van der Waals surface area contributed by atoms with Crippen LogP contribution >= 0.6 is 11.3 Å². The Labute approximate surface area is 153 Å². The van der Waals surface area contributed by atoms with Crippen molar-refractivity contribution in [1.29, 1.82) is 0 Å². The highest BCUT2D eigenvalue weighted by Crippen LogP contribution is 2.35. The SMILES string of the molecule is CC(C)(CO)C(=O)Nc1sc(S(=O)(=O)c2ccc(F)cc2)cc1C(N)=O. The summed E-state index contributed by atoms with van der Waals surface area (Å²) in [6.07, 6.45) is 0. The second-order valence-corrected chi connectivity index (χ2v) is 9.35. The van der Waals surface area contributed by atoms with Gasteiger partial charge in [-0.05, 0) is 44.2 Å². The van der Waals surface area contributed by atoms with Crippen molar-refractivity contribution >= 4 is 38.0 Å². The lowest BCUT2D eigenvalue weighted by atomic mass is 9.94. The number of halogens is 1. The molecule has 0 radical (unpaired) electrons. The van der Waals surface area contributed by atoms with Crippen molar-refractivity contribution in [1.82, 2.24) is 0 Å². The van der Waals surface area contributed by atoms with Crippen molar-refractivity contribution in [3.05, 3.63) is 41.7 Å². The van der Waals surface area contributed by atoms with Gasteiger partial charge in [-0.3, -0.25) is 9.59 Å². The predicted molar refractivity (Wildman–Crippen MR) is 94.2 cm³/mol. The smallest absolute Gasteiger partial charge is 0.251 e. The Bertz CT molecular complexity index is 950. The summed E-state index contributed by atoms with van der Waals surface area (Å²) in [4.78, 5) is 23.7. The lowest BCUT2D eigenvalue weighted by Crippen LogP contribution is -2.34. The number of hydrogen-bond acceptors (Lipinski definition) is 6. The number of nitrogens with two attached hydrogens (primary N) is 1. The zero-order chi connectivity index (χ0) is 19.7. The molecule has 0 unspecified atom stereocenters. The van der Waals surface area contributed by atoms with Crippen LogP contribution in [0.5, 0.6) is 0 Å². The molecular weight excluding hydrogens is 383 g/mol. The molecule has 2 rings (SSSR count). The van der Waals surface area contributed by atoms with Gasteiger partial charge in [-0.15, -0.1) is 11.3 Å². The Morgan fingerprint density at radius 1 is 1.27 bits per heavy atom. The van der Waals surface area contributed by atoms with Crippen LogP contribution in [0, 0.1) is 11.2 Å². The summed E-state index contributed by atoms with van der Waals surface area (Å²) in [5.41, 5.74) is 3.96. The highest BCUT2D eigenvalue weighted by molar-refractivity contribution is 7.93. The molecule has 0 aliphatic rings. The first-order chi connectivity index (χ1) is 12.0. The molecule has 0 saturated carbocycles. The number of amides is 2. The van der Waals surface area contributed by atoms with Crippen LogP contribution in [-0.2, 0) is 14.6 Å². The highest BCUT2D eigenvalue weighted by Gasteiger charge is 2.30. The number of primary amides is 1. The molecule has 10 heteroatoms. The number of thiophene rings is 1. The third kappa shape index (κ3) is 3.92. The molecule has 0 aliphatic carbocycles. The van der Waals surface area contributed by atoms with Gasteiger partial charge in [0.05, 0.1) is 22.5 Å². The first kappa shape index (κ1) is 20.0. The monoisotopic (exact) mass is 400 g/mol. The quantitative estimate of drug-likeness (QED) is 0.637. The van der Waals surface area contributed by atoms with E-state index in [1.807, 2.05) is 0 Å². The van der Waals surface area contributed by atoms with Gasteiger partial charge in [0.15, 0.2) is 0 Å². The number of aliphatic hydroxyl groups excluding tert-OH is 1. The number of benzene rings is 1. The second-order valence-electron chi connectivity index (χ2n) is 6.13. The maximum absolute atomic E-state index is 13.0. The van der Waals surface area contributed by atoms with Gasteiger partial charge < -0.3 is 16.2 Å². The number of nitrogens with one attached hydrogen (secondary N) is 1. The van der Waals surface area contributed by atoms with Gasteiger partial charge >= 0.3 is 0 Å². The number of rotatable bonds is 6. The minimum atomic E-state index is -4.02. The average molecular weight is 400 g/mol. The Morgan fingerprint density at radius 3 is 2.35 bits per heavy atom. The zero-order valence-electron chi connectivity index (χ0n) is 13.9. The fourth-order valence-electron chi connectivity index (χ4n) is 1.85. The molecule has 0 spiro atoms. The number of aliphatic hydroxyl groups is 1. The van der Waals surface area contributed by atoms with E-state index >= 15 is 0 Å². The van der Waals surface area contributed by atoms with Gasteiger partial charge in [0.2, 0.25) is 15.7 Å². The van der Waals surface area contributed by atoms with Crippen molar-refractivity contribution in [3.63, 3.8) is 0 Å². The molecule has 1 heterocycles. The Balaban J connectivity index is 2.48. The molecule has 140 valence electrons. The summed E-state index contributed by atoms with van der Waals surface area (Å²) in [7, 11) is -4.02. The Kier molecular flexibility index (Phi) is 5.49. The Morgan fingerprint density at radius 2 is 1.85 bits per heavy atom. The van der Waals surface area contributed by atoms with E-state index in [1.54, 1.807) is 0 Å². The van der Waals surface area contributed by atoms with Crippen LogP contribution in [0.3, 0.4) is 0 Å². The first-order valence-electron chi connectivity index (χ1n) is 7.35. The fraction of sp³-hybridized carbons (Fsp3) is 0.250. The summed E-state index contributed by atoms with van der Waals surface area (Å²) in [5.74, 6) is -2.11. The zero-order valence-corrected chi connectivity index (χ0v) is 15.6. The molecule has 0 atom stereocenters. The largest absolute Gasteiger partial charge is 0.395 e. The Hall–Kier alpha value is -2.30. The van der Waals surface area contributed by atoms with Crippen molar-refractivity contribution in [2.24, 2.45) is 11.1 Å². The molecule has 1 aromatic heterocycles. The minimum absolute atomic E-state index is 0.0373. The van der Waals surface area contributed by atoms with Crippen LogP contribution in [0.25, 0.3) is 0 Å². The van der Waals surface area contributed by atoms with Crippen LogP contribution in [0.15, 0.2) is 39.4 Å². The third-order valence-electron chi connectivity index (χ3n) is 3.60. The van der Waals surface area contributed by atoms with Crippen molar-refractivity contribution in [3.8, 4) is 0 Å². The summed E-state index contributed by atoms with van der Waals surface area (Å²) < 4.78 is 38.1. The second kappa shape index (κ2) is 7.14. The van der Waals surface area contributed by atoms with Gasteiger partial charge in [-0.25, -0.2) is 12.8 Å². The van der Waals surface area contributed by atoms with Crippen molar-refractivity contribution in [2.45, 2.75) is 23.0 Å². The van der Waals surface area contributed by atoms with Crippen molar-refractivity contribution < 1.29 is 27.5 Å². The maximum atomic E-state index is 13.0. The van der Waals surface area contributed by atoms with E-state index in [0.29, 0.717) is 11.3 Å². The van der Waals surface area contributed by atoms with E-state index in [0.717, 1.165) is 30.3 Å². The third-order valence-corrected chi connectivity index (χ3v) is 6.89. The maximum Gasteiger partial charge on any atom is 0.251 e. The number of anilines is 1. The fourth-order valence-corrected chi connectivity index (χ4v) is 4.62. The van der Waals surface area contributed by atoms with Gasteiger partial charge in [0, 0.05) is 0 Å². The number of carbonyl (C=O) groups excluding carboxylic acids is 2. The van der Waals surface area contributed by atoms with Crippen LogP contribution in [0.1, 0.15) is 24.2 Å². The predicted octanol–water partition coefficient (Wildman–Crippen LogP) is 1.78. The van der Waals surface area contributed by atoms with Crippen LogP contribution in [0.2, 0.25) is 0 Å². The molecule has 2 amide bonds. The summed E-state index contributed by atoms with van der Waals surface area (Å²) in [6.45, 7) is 2.52. The van der Waals surface area contributed by atoms with E-state index in [2.05, 4.69) is 5.32 Å². The molecule has 0 aliphatic heterocycles. The number of sulfone groups is 1. The lowest BCUT2D eigenvalue weighted by Gasteiger charge is -2.20. The van der Waals surface area contributed by atoms with E-state index in [1.165, 1.54) is 13.8 Å². The molecule has 26 heavy (non-hydrogen) atoms. The van der Waals surface area contributed by atoms with Crippen molar-refractivity contribution in [2.75, 3.05) is 11.9 Å². The van der Waals surface area contributed by atoms with Gasteiger partial charge in [0.25, 0.3) is 5.91 Å². The van der Waals surface area contributed by atoms with E-state index in [9.17, 15) is 27.5 Å². The summed E-state index contributed by atoms with van der Waals surface area (Å²) >= 11 is 0.653. The lowest BCUT2D eigenvalue weighted by molar-refractivity contribution is -0.125. The van der Waals surface area contributed by atoms with E-state index in [4.69, 9.17) is 5.73 Å². The van der Waals surface area contributed by atoms with Gasteiger partial charge in [-0.2, -0.15) is 0 Å². The first-order valence-corrected chi connectivity index (χ1v) is 9.65. The van der Waals surface area contributed by atoms with E-state index < -0.39 is 39.5 Å². The van der Waals surface area contributed by atoms with Crippen LogP contribution in [-0.4, -0.2) is 31.9 Å².